The standard InChI is InChI=1S/C83H158O17P2/c1-8-10-11-12-13-14-15-16-20-27-32-37-42-50-57-64-80(85)93-70-78(99-82(87)66-59-52-43-38-33-28-23-18-17-21-25-30-35-40-47-54-61-74(3)4)72-97-101(89,90)95-68-77(84)69-96-102(91,92)98-73-79(71-94-81(86)65-58-51-46-45-49-56-63-76(7)9-2)100-83(88)67-60-53-44-39-34-29-24-19-22-26-31-36-41-48-55-62-75(5)6/h14-16,20,74-79,84H,8-13,17-19,21-73H2,1-7H3,(H,89,90)(H,91,92)/b15-14-,20-16-/t76?,77-,78-,79-/m1/s1. The smallest absolute Gasteiger partial charge is 0.462 e. The van der Waals surface area contributed by atoms with Crippen molar-refractivity contribution in [1.29, 1.82) is 0 Å². The minimum absolute atomic E-state index is 0.101. The van der Waals surface area contributed by atoms with Crippen LogP contribution in [-0.4, -0.2) is 96.7 Å². The number of ether oxygens (including phenoxy) is 4. The summed E-state index contributed by atoms with van der Waals surface area (Å²) in [6, 6.07) is 0. The fraction of sp³-hybridized carbons (Fsp3) is 0.904. The highest BCUT2D eigenvalue weighted by Crippen LogP contribution is 2.45. The third-order valence-corrected chi connectivity index (χ3v) is 21.0. The maximum absolute atomic E-state index is 13.1. The maximum Gasteiger partial charge on any atom is 0.472 e. The first-order chi connectivity index (χ1) is 49.3. The topological polar surface area (TPSA) is 237 Å². The summed E-state index contributed by atoms with van der Waals surface area (Å²) < 4.78 is 68.7. The highest BCUT2D eigenvalue weighted by atomic mass is 31.2. The van der Waals surface area contributed by atoms with Crippen LogP contribution in [0.15, 0.2) is 24.3 Å². The quantitative estimate of drug-likeness (QED) is 0.0169. The molecule has 0 aromatic heterocycles. The molecule has 0 aliphatic rings. The zero-order valence-electron chi connectivity index (χ0n) is 66.6. The fourth-order valence-corrected chi connectivity index (χ4v) is 13.8. The molecule has 0 fully saturated rings. The van der Waals surface area contributed by atoms with Gasteiger partial charge in [-0.25, -0.2) is 9.13 Å². The van der Waals surface area contributed by atoms with Gasteiger partial charge in [0.25, 0.3) is 0 Å². The van der Waals surface area contributed by atoms with Crippen molar-refractivity contribution in [3.63, 3.8) is 0 Å². The Balaban J connectivity index is 5.27. The Hall–Kier alpha value is -2.46. The first kappa shape index (κ1) is 99.5. The summed E-state index contributed by atoms with van der Waals surface area (Å²) in [5, 5.41) is 10.7. The Kier molecular flexibility index (Phi) is 71.0. The number of esters is 4. The number of aliphatic hydroxyl groups is 1. The molecule has 0 aromatic carbocycles. The molecule has 19 heteroatoms. The molecule has 0 rings (SSSR count). The van der Waals surface area contributed by atoms with Gasteiger partial charge in [-0.3, -0.25) is 37.3 Å². The molecule has 0 aliphatic heterocycles. The SMILES string of the molecule is CCCCCC/C=C\C=C/CCCCCCCC(=O)OC[C@H](COP(=O)(O)OC[C@@H](O)COP(=O)(O)OC[C@@H](COC(=O)CCCCCCCCC(C)CC)OC(=O)CCCCCCCCCCCCCCCCCC(C)C)OC(=O)CCCCCCCCCCCCCCCCCCC(C)C. The Labute approximate surface area is 624 Å². The summed E-state index contributed by atoms with van der Waals surface area (Å²) in [6.45, 7) is 11.9. The number of aliphatic hydroxyl groups excluding tert-OH is 1. The van der Waals surface area contributed by atoms with E-state index in [-0.39, 0.29) is 25.7 Å². The lowest BCUT2D eigenvalue weighted by Gasteiger charge is -2.21. The third-order valence-electron chi connectivity index (χ3n) is 19.1. The second-order valence-electron chi connectivity index (χ2n) is 30.4. The minimum Gasteiger partial charge on any atom is -0.462 e. The number of carbonyl (C=O) groups is 4. The van der Waals surface area contributed by atoms with Gasteiger partial charge in [-0.15, -0.1) is 0 Å². The van der Waals surface area contributed by atoms with Crippen LogP contribution in [0.3, 0.4) is 0 Å². The Morgan fingerprint density at radius 1 is 0.324 bits per heavy atom. The molecule has 0 aromatic rings. The van der Waals surface area contributed by atoms with E-state index in [1.54, 1.807) is 0 Å². The zero-order valence-corrected chi connectivity index (χ0v) is 68.4. The number of phosphoric acid groups is 2. The lowest BCUT2D eigenvalue weighted by atomic mass is 10.00. The predicted octanol–water partition coefficient (Wildman–Crippen LogP) is 24.5. The molecule has 6 atom stereocenters. The zero-order chi connectivity index (χ0) is 75.1. The molecule has 0 amide bonds. The van der Waals surface area contributed by atoms with Crippen LogP contribution in [0, 0.1) is 17.8 Å². The molecular weight excluding hydrogens is 1330 g/mol. The van der Waals surface area contributed by atoms with Crippen LogP contribution in [0.25, 0.3) is 0 Å². The number of hydrogen-bond donors (Lipinski definition) is 3. The van der Waals surface area contributed by atoms with E-state index in [9.17, 15) is 43.2 Å². The Morgan fingerprint density at radius 3 is 0.873 bits per heavy atom. The van der Waals surface area contributed by atoms with E-state index in [2.05, 4.69) is 72.8 Å². The van der Waals surface area contributed by atoms with E-state index < -0.39 is 97.5 Å². The third kappa shape index (κ3) is 74.4. The number of phosphoric ester groups is 2. The predicted molar refractivity (Wildman–Crippen MR) is 418 cm³/mol. The van der Waals surface area contributed by atoms with Crippen molar-refractivity contribution in [2.45, 2.75) is 426 Å². The Morgan fingerprint density at radius 2 is 0.578 bits per heavy atom. The first-order valence-electron chi connectivity index (χ1n) is 42.2. The van der Waals surface area contributed by atoms with Crippen molar-refractivity contribution in [3.05, 3.63) is 24.3 Å². The lowest BCUT2D eigenvalue weighted by Crippen LogP contribution is -2.30. The summed E-state index contributed by atoms with van der Waals surface area (Å²) in [4.78, 5) is 73.1. The van der Waals surface area contributed by atoms with Gasteiger partial charge in [-0.1, -0.05) is 355 Å². The molecule has 0 aliphatic carbocycles. The summed E-state index contributed by atoms with van der Waals surface area (Å²) in [7, 11) is -9.94. The second-order valence-corrected chi connectivity index (χ2v) is 33.3. The number of unbranched alkanes of at least 4 members (excludes halogenated alkanes) is 43. The van der Waals surface area contributed by atoms with E-state index in [0.717, 1.165) is 133 Å². The van der Waals surface area contributed by atoms with E-state index >= 15 is 0 Å². The summed E-state index contributed by atoms with van der Waals surface area (Å²) in [6.07, 6.45) is 64.7. The van der Waals surface area contributed by atoms with Gasteiger partial charge in [0.1, 0.15) is 19.3 Å². The Bertz CT molecular complexity index is 2070. The molecule has 3 N–H and O–H groups in total. The molecular formula is C83H158O17P2. The highest BCUT2D eigenvalue weighted by Gasteiger charge is 2.30. The van der Waals surface area contributed by atoms with Gasteiger partial charge < -0.3 is 33.8 Å². The second kappa shape index (κ2) is 72.7. The van der Waals surface area contributed by atoms with Crippen molar-refractivity contribution < 1.29 is 80.2 Å². The molecule has 602 valence electrons. The van der Waals surface area contributed by atoms with E-state index in [0.29, 0.717) is 25.7 Å². The number of allylic oxidation sites excluding steroid dienone is 4. The molecule has 3 unspecified atom stereocenters. The molecule has 0 heterocycles. The average Bonchev–Trinajstić information content (AvgIpc) is 0.919. The summed E-state index contributed by atoms with van der Waals surface area (Å²) in [5.41, 5.74) is 0. The van der Waals surface area contributed by atoms with Crippen molar-refractivity contribution in [2.75, 3.05) is 39.6 Å². The largest absolute Gasteiger partial charge is 0.472 e. The van der Waals surface area contributed by atoms with Gasteiger partial charge in [0.2, 0.25) is 0 Å². The van der Waals surface area contributed by atoms with Crippen LogP contribution in [0.5, 0.6) is 0 Å². The normalized spacial score (nSPS) is 14.4. The van der Waals surface area contributed by atoms with Crippen molar-refractivity contribution in [1.82, 2.24) is 0 Å². The molecule has 0 saturated heterocycles. The van der Waals surface area contributed by atoms with Crippen molar-refractivity contribution in [2.24, 2.45) is 17.8 Å². The van der Waals surface area contributed by atoms with Crippen LogP contribution >= 0.6 is 15.6 Å². The van der Waals surface area contributed by atoms with Crippen LogP contribution < -0.4 is 0 Å². The van der Waals surface area contributed by atoms with Crippen molar-refractivity contribution in [3.8, 4) is 0 Å². The van der Waals surface area contributed by atoms with Crippen LogP contribution in [0.1, 0.15) is 408 Å². The molecule has 17 nitrogen and oxygen atoms in total. The van der Waals surface area contributed by atoms with Crippen LogP contribution in [-0.2, 0) is 65.4 Å². The van der Waals surface area contributed by atoms with Gasteiger partial charge in [0.15, 0.2) is 12.2 Å². The van der Waals surface area contributed by atoms with Gasteiger partial charge >= 0.3 is 39.5 Å². The van der Waals surface area contributed by atoms with Crippen LogP contribution in [0.4, 0.5) is 0 Å². The summed E-state index contributed by atoms with van der Waals surface area (Å²) >= 11 is 0. The summed E-state index contributed by atoms with van der Waals surface area (Å²) in [5.74, 6) is 0.198. The van der Waals surface area contributed by atoms with Gasteiger partial charge in [-0.2, -0.15) is 0 Å². The first-order valence-corrected chi connectivity index (χ1v) is 45.2. The highest BCUT2D eigenvalue weighted by molar-refractivity contribution is 7.47. The molecule has 0 bridgehead atoms. The van der Waals surface area contributed by atoms with Gasteiger partial charge in [-0.05, 0) is 69.1 Å². The molecule has 102 heavy (non-hydrogen) atoms. The lowest BCUT2D eigenvalue weighted by molar-refractivity contribution is -0.161. The van der Waals surface area contributed by atoms with E-state index in [1.165, 1.54) is 193 Å². The van der Waals surface area contributed by atoms with Gasteiger partial charge in [0, 0.05) is 25.7 Å². The minimum atomic E-state index is -4.97. The van der Waals surface area contributed by atoms with Gasteiger partial charge in [0.05, 0.1) is 26.4 Å². The average molecular weight is 1490 g/mol. The van der Waals surface area contributed by atoms with Crippen molar-refractivity contribution >= 4 is 39.5 Å². The fourth-order valence-electron chi connectivity index (χ4n) is 12.3. The van der Waals surface area contributed by atoms with E-state index in [4.69, 9.17) is 37.0 Å². The van der Waals surface area contributed by atoms with Crippen LogP contribution in [0.2, 0.25) is 0 Å². The molecule has 0 spiro atoms. The molecule has 0 radical (unpaired) electrons. The monoisotopic (exact) mass is 1490 g/mol. The number of carbonyl (C=O) groups excluding carboxylic acids is 4. The number of hydrogen-bond acceptors (Lipinski definition) is 15. The maximum atomic E-state index is 13.1. The van der Waals surface area contributed by atoms with E-state index in [1.807, 2.05) is 0 Å². The number of rotatable bonds is 79. The molecule has 0 saturated carbocycles.